The van der Waals surface area contributed by atoms with E-state index in [4.69, 9.17) is 23.2 Å². The number of benzene rings is 2. The molecule has 1 heterocycles. The van der Waals surface area contributed by atoms with E-state index >= 15 is 0 Å². The fraction of sp³-hybridized carbons (Fsp3) is 0.304. The van der Waals surface area contributed by atoms with Crippen LogP contribution in [0.3, 0.4) is 0 Å². The molecule has 0 saturated carbocycles. The predicted molar refractivity (Wildman–Crippen MR) is 133 cm³/mol. The van der Waals surface area contributed by atoms with E-state index in [0.717, 1.165) is 16.8 Å². The zero-order chi connectivity index (χ0) is 24.1. The van der Waals surface area contributed by atoms with Crippen LogP contribution >= 0.6 is 35.0 Å². The minimum atomic E-state index is -0.421. The summed E-state index contributed by atoms with van der Waals surface area (Å²) in [6.45, 7) is 7.84. The highest BCUT2D eigenvalue weighted by Crippen LogP contribution is 2.25. The van der Waals surface area contributed by atoms with E-state index in [1.54, 1.807) is 12.1 Å². The molecule has 0 radical (unpaired) electrons. The molecular formula is C23H25Cl2N5O2S. The quantitative estimate of drug-likeness (QED) is 0.346. The van der Waals surface area contributed by atoms with Crippen LogP contribution in [0.25, 0.3) is 0 Å². The molecule has 0 spiro atoms. The molecular weight excluding hydrogens is 481 g/mol. The van der Waals surface area contributed by atoms with Crippen LogP contribution in [0.1, 0.15) is 47.2 Å². The van der Waals surface area contributed by atoms with Gasteiger partial charge < -0.3 is 10.6 Å². The maximum Gasteiger partial charge on any atom is 0.253 e. The number of thioether (sulfide) groups is 1. The van der Waals surface area contributed by atoms with Crippen LogP contribution in [0.5, 0.6) is 0 Å². The number of aryl methyl sites for hydroxylation is 2. The average Bonchev–Trinajstić information content (AvgIpc) is 3.21. The Morgan fingerprint density at radius 2 is 1.88 bits per heavy atom. The van der Waals surface area contributed by atoms with Crippen molar-refractivity contribution in [3.63, 3.8) is 0 Å². The van der Waals surface area contributed by atoms with Gasteiger partial charge in [0.25, 0.3) is 5.91 Å². The van der Waals surface area contributed by atoms with E-state index in [9.17, 15) is 9.59 Å². The highest BCUT2D eigenvalue weighted by molar-refractivity contribution is 7.99. The van der Waals surface area contributed by atoms with Crippen molar-refractivity contribution < 1.29 is 9.59 Å². The Morgan fingerprint density at radius 3 is 2.58 bits per heavy atom. The van der Waals surface area contributed by atoms with E-state index in [2.05, 4.69) is 25.8 Å². The second-order valence-electron chi connectivity index (χ2n) is 7.98. The number of nitrogens with zero attached hydrogens (tertiary/aromatic N) is 2. The zero-order valence-electron chi connectivity index (χ0n) is 18.7. The minimum Gasteiger partial charge on any atom is -0.342 e. The third-order valence-electron chi connectivity index (χ3n) is 4.91. The summed E-state index contributed by atoms with van der Waals surface area (Å²) in [5.41, 5.74) is 3.18. The van der Waals surface area contributed by atoms with Gasteiger partial charge in [-0.3, -0.25) is 14.7 Å². The number of halogens is 2. The number of rotatable bonds is 8. The third-order valence-corrected chi connectivity index (χ3v) is 6.30. The molecule has 2 amide bonds. The summed E-state index contributed by atoms with van der Waals surface area (Å²) >= 11 is 13.3. The molecule has 1 aromatic heterocycles. The number of amides is 2. The summed E-state index contributed by atoms with van der Waals surface area (Å²) in [6.07, 6.45) is 0. The van der Waals surface area contributed by atoms with Crippen LogP contribution in [-0.4, -0.2) is 32.7 Å². The van der Waals surface area contributed by atoms with E-state index < -0.39 is 6.04 Å². The maximum absolute atomic E-state index is 12.8. The number of carbonyl (C=O) groups is 2. The largest absolute Gasteiger partial charge is 0.342 e. The number of H-pyrrole nitrogens is 1. The van der Waals surface area contributed by atoms with Crippen molar-refractivity contribution in [2.75, 3.05) is 11.1 Å². The summed E-state index contributed by atoms with van der Waals surface area (Å²) < 4.78 is 0. The second kappa shape index (κ2) is 11.0. The molecule has 10 heteroatoms. The lowest BCUT2D eigenvalue weighted by molar-refractivity contribution is -0.113. The standard InChI is InChI=1S/C23H25Cl2N5O2S/c1-12(2)20(27-22(32)16-8-7-15(24)10-17(16)25)21-28-23(30-29-21)33-11-19(31)26-18-9-13(3)5-6-14(18)4/h5-10,12,20H,11H2,1-4H3,(H,26,31)(H,27,32)(H,28,29,30)/t20-/m1/s1. The number of nitrogens with one attached hydrogen (secondary N) is 3. The van der Waals surface area contributed by atoms with Crippen molar-refractivity contribution in [1.29, 1.82) is 0 Å². The van der Waals surface area contributed by atoms with Crippen LogP contribution in [0.4, 0.5) is 5.69 Å². The van der Waals surface area contributed by atoms with Gasteiger partial charge in [0.2, 0.25) is 11.1 Å². The molecule has 7 nitrogen and oxygen atoms in total. The van der Waals surface area contributed by atoms with Gasteiger partial charge in [0.05, 0.1) is 22.4 Å². The van der Waals surface area contributed by atoms with Gasteiger partial charge >= 0.3 is 0 Å². The predicted octanol–water partition coefficient (Wildman–Crippen LogP) is 5.59. The number of hydrogen-bond donors (Lipinski definition) is 3. The average molecular weight is 506 g/mol. The molecule has 0 fully saturated rings. The Hall–Kier alpha value is -2.55. The Labute approximate surface area is 207 Å². The highest BCUT2D eigenvalue weighted by Gasteiger charge is 2.24. The minimum absolute atomic E-state index is 0.0263. The van der Waals surface area contributed by atoms with E-state index in [1.165, 1.54) is 17.8 Å². The van der Waals surface area contributed by atoms with Crippen LogP contribution in [0.2, 0.25) is 10.0 Å². The molecule has 0 unspecified atom stereocenters. The van der Waals surface area contributed by atoms with Gasteiger partial charge in [0, 0.05) is 10.7 Å². The van der Waals surface area contributed by atoms with Gasteiger partial charge in [-0.25, -0.2) is 4.98 Å². The van der Waals surface area contributed by atoms with Crippen molar-refractivity contribution in [2.45, 2.75) is 38.9 Å². The van der Waals surface area contributed by atoms with Gasteiger partial charge in [0.15, 0.2) is 0 Å². The molecule has 174 valence electrons. The molecule has 33 heavy (non-hydrogen) atoms. The lowest BCUT2D eigenvalue weighted by Gasteiger charge is -2.20. The maximum atomic E-state index is 12.8. The first-order chi connectivity index (χ1) is 15.6. The number of aromatic nitrogens is 3. The van der Waals surface area contributed by atoms with Crippen molar-refractivity contribution in [2.24, 2.45) is 5.92 Å². The molecule has 0 aliphatic carbocycles. The van der Waals surface area contributed by atoms with E-state index in [1.807, 2.05) is 45.9 Å². The fourth-order valence-corrected chi connectivity index (χ4v) is 4.19. The van der Waals surface area contributed by atoms with Crippen LogP contribution < -0.4 is 10.6 Å². The number of aromatic amines is 1. The number of carbonyl (C=O) groups excluding carboxylic acids is 2. The molecule has 0 saturated heterocycles. The molecule has 3 rings (SSSR count). The summed E-state index contributed by atoms with van der Waals surface area (Å²) in [5, 5.41) is 14.1. The smallest absolute Gasteiger partial charge is 0.253 e. The first-order valence-corrected chi connectivity index (χ1v) is 12.1. The molecule has 1 atom stereocenters. The van der Waals surface area contributed by atoms with Gasteiger partial charge in [-0.2, -0.15) is 0 Å². The molecule has 0 bridgehead atoms. The molecule has 2 aromatic carbocycles. The van der Waals surface area contributed by atoms with Crippen molar-refractivity contribution >= 4 is 52.5 Å². The molecule has 0 aliphatic rings. The van der Waals surface area contributed by atoms with Crippen LogP contribution in [0, 0.1) is 19.8 Å². The van der Waals surface area contributed by atoms with E-state index in [-0.39, 0.29) is 28.5 Å². The first-order valence-electron chi connectivity index (χ1n) is 10.3. The summed E-state index contributed by atoms with van der Waals surface area (Å²) in [4.78, 5) is 29.6. The Kier molecular flexibility index (Phi) is 8.40. The highest BCUT2D eigenvalue weighted by atomic mass is 35.5. The monoisotopic (exact) mass is 505 g/mol. The first kappa shape index (κ1) is 25.1. The van der Waals surface area contributed by atoms with Gasteiger partial charge in [-0.05, 0) is 55.2 Å². The number of hydrogen-bond acceptors (Lipinski definition) is 5. The van der Waals surface area contributed by atoms with Crippen molar-refractivity contribution in [3.8, 4) is 0 Å². The van der Waals surface area contributed by atoms with E-state index in [0.29, 0.717) is 21.6 Å². The van der Waals surface area contributed by atoms with Crippen molar-refractivity contribution in [1.82, 2.24) is 20.5 Å². The third kappa shape index (κ3) is 6.72. The summed E-state index contributed by atoms with van der Waals surface area (Å²) in [5.74, 6) is 0.198. The Bertz CT molecular complexity index is 1170. The lowest BCUT2D eigenvalue weighted by Crippen LogP contribution is -2.32. The van der Waals surface area contributed by atoms with Crippen LogP contribution in [0.15, 0.2) is 41.6 Å². The molecule has 3 N–H and O–H groups in total. The SMILES string of the molecule is Cc1ccc(C)c(NC(=O)CSc2n[nH]c([C@H](NC(=O)c3ccc(Cl)cc3Cl)C(C)C)n2)c1. The van der Waals surface area contributed by atoms with Gasteiger partial charge in [0.1, 0.15) is 5.82 Å². The Morgan fingerprint density at radius 1 is 1.12 bits per heavy atom. The van der Waals surface area contributed by atoms with Gasteiger partial charge in [-0.15, -0.1) is 5.10 Å². The Balaban J connectivity index is 1.63. The zero-order valence-corrected chi connectivity index (χ0v) is 21.0. The molecule has 0 aliphatic heterocycles. The lowest BCUT2D eigenvalue weighted by atomic mass is 10.0. The fourth-order valence-electron chi connectivity index (χ4n) is 3.09. The topological polar surface area (TPSA) is 99.8 Å². The van der Waals surface area contributed by atoms with Crippen molar-refractivity contribution in [3.05, 3.63) is 69.0 Å². The number of anilines is 1. The van der Waals surface area contributed by atoms with Crippen LogP contribution in [-0.2, 0) is 4.79 Å². The summed E-state index contributed by atoms with van der Waals surface area (Å²) in [7, 11) is 0. The summed E-state index contributed by atoms with van der Waals surface area (Å²) in [6, 6.07) is 10.2. The normalized spacial score (nSPS) is 12.0. The van der Waals surface area contributed by atoms with Gasteiger partial charge in [-0.1, -0.05) is 60.9 Å². The molecule has 3 aromatic rings. The second-order valence-corrected chi connectivity index (χ2v) is 9.76.